The van der Waals surface area contributed by atoms with Gasteiger partial charge in [-0.25, -0.2) is 14.8 Å². The Morgan fingerprint density at radius 1 is 1.29 bits per heavy atom. The third kappa shape index (κ3) is 2.24. The Balaban J connectivity index is 2.72. The van der Waals surface area contributed by atoms with Crippen molar-refractivity contribution in [3.63, 3.8) is 0 Å². The molecule has 0 spiro atoms. The predicted molar refractivity (Wildman–Crippen MR) is 62.0 cm³/mol. The molecular weight excluding hydrogens is 242 g/mol. The van der Waals surface area contributed by atoms with Crippen molar-refractivity contribution in [3.05, 3.63) is 41.1 Å². The molecule has 1 N–H and O–H groups in total. The van der Waals surface area contributed by atoms with Gasteiger partial charge in [0.05, 0.1) is 11.4 Å². The van der Waals surface area contributed by atoms with Gasteiger partial charge in [0.15, 0.2) is 0 Å². The molecule has 0 aliphatic heterocycles. The van der Waals surface area contributed by atoms with Crippen molar-refractivity contribution in [1.29, 1.82) is 0 Å². The molecule has 2 rings (SSSR count). The molecule has 5 nitrogen and oxygen atoms in total. The zero-order chi connectivity index (χ0) is 12.4. The fraction of sp³-hybridized carbons (Fsp3) is 0.0909. The van der Waals surface area contributed by atoms with E-state index < -0.39 is 5.97 Å². The van der Waals surface area contributed by atoms with Crippen LogP contribution in [0.25, 0.3) is 11.3 Å². The number of aromatic carboxylic acids is 1. The van der Waals surface area contributed by atoms with Crippen LogP contribution in [0, 0.1) is 6.92 Å². The van der Waals surface area contributed by atoms with E-state index in [9.17, 15) is 4.79 Å². The minimum absolute atomic E-state index is 0.0271. The van der Waals surface area contributed by atoms with Gasteiger partial charge in [-0.05, 0) is 30.7 Å². The van der Waals surface area contributed by atoms with Gasteiger partial charge in [0.2, 0.25) is 5.28 Å². The molecule has 0 aliphatic rings. The first-order valence-corrected chi connectivity index (χ1v) is 5.15. The third-order valence-corrected chi connectivity index (χ3v) is 2.40. The summed E-state index contributed by atoms with van der Waals surface area (Å²) in [6.07, 6.45) is 3.12. The van der Waals surface area contributed by atoms with Crippen LogP contribution in [0.5, 0.6) is 0 Å². The number of hydrogen-bond donors (Lipinski definition) is 1. The normalized spacial score (nSPS) is 10.2. The van der Waals surface area contributed by atoms with E-state index in [2.05, 4.69) is 15.0 Å². The monoisotopic (exact) mass is 249 g/mol. The van der Waals surface area contributed by atoms with E-state index in [-0.39, 0.29) is 10.8 Å². The maximum Gasteiger partial charge on any atom is 0.339 e. The molecule has 2 aromatic rings. The highest BCUT2D eigenvalue weighted by molar-refractivity contribution is 6.28. The molecular formula is C11H8ClN3O2. The highest BCUT2D eigenvalue weighted by atomic mass is 35.5. The Morgan fingerprint density at radius 2 is 1.94 bits per heavy atom. The molecule has 2 heterocycles. The van der Waals surface area contributed by atoms with E-state index in [1.807, 2.05) is 0 Å². The summed E-state index contributed by atoms with van der Waals surface area (Å²) in [5, 5.41) is 9.19. The number of carbonyl (C=O) groups is 1. The van der Waals surface area contributed by atoms with Gasteiger partial charge in [-0.15, -0.1) is 0 Å². The van der Waals surface area contributed by atoms with Crippen LogP contribution >= 0.6 is 11.6 Å². The van der Waals surface area contributed by atoms with Crippen molar-refractivity contribution >= 4 is 17.6 Å². The highest BCUT2D eigenvalue weighted by Gasteiger charge is 2.18. The van der Waals surface area contributed by atoms with Gasteiger partial charge in [-0.3, -0.25) is 4.98 Å². The van der Waals surface area contributed by atoms with Crippen molar-refractivity contribution < 1.29 is 9.90 Å². The van der Waals surface area contributed by atoms with Gasteiger partial charge in [0, 0.05) is 18.0 Å². The molecule has 0 radical (unpaired) electrons. The van der Waals surface area contributed by atoms with Crippen molar-refractivity contribution in [3.8, 4) is 11.3 Å². The van der Waals surface area contributed by atoms with Crippen LogP contribution < -0.4 is 0 Å². The molecule has 6 heteroatoms. The summed E-state index contributed by atoms with van der Waals surface area (Å²) in [5.74, 6) is -1.08. The zero-order valence-corrected chi connectivity index (χ0v) is 9.64. The smallest absolute Gasteiger partial charge is 0.339 e. The largest absolute Gasteiger partial charge is 0.478 e. The first kappa shape index (κ1) is 11.5. The van der Waals surface area contributed by atoms with Crippen molar-refractivity contribution in [2.75, 3.05) is 0 Å². The molecule has 0 bridgehead atoms. The molecule has 0 atom stereocenters. The Labute approximate surface area is 102 Å². The van der Waals surface area contributed by atoms with Gasteiger partial charge in [-0.2, -0.15) is 0 Å². The number of aryl methyl sites for hydroxylation is 1. The molecule has 2 aromatic heterocycles. The third-order valence-electron chi connectivity index (χ3n) is 2.23. The summed E-state index contributed by atoms with van der Waals surface area (Å²) in [7, 11) is 0. The van der Waals surface area contributed by atoms with E-state index in [1.54, 1.807) is 31.5 Å². The lowest BCUT2D eigenvalue weighted by Crippen LogP contribution is -2.07. The number of hydrogen-bond acceptors (Lipinski definition) is 4. The van der Waals surface area contributed by atoms with Gasteiger partial charge in [-0.1, -0.05) is 0 Å². The Bertz CT molecular complexity index is 572. The minimum atomic E-state index is -1.08. The Kier molecular flexibility index (Phi) is 3.01. The van der Waals surface area contributed by atoms with E-state index >= 15 is 0 Å². The number of carboxylic acid groups (broad SMARTS) is 1. The van der Waals surface area contributed by atoms with Crippen LogP contribution in [0.2, 0.25) is 5.28 Å². The molecule has 86 valence electrons. The summed E-state index contributed by atoms with van der Waals surface area (Å²) in [5.41, 5.74) is 1.34. The van der Waals surface area contributed by atoms with Crippen molar-refractivity contribution in [2.45, 2.75) is 6.92 Å². The number of carboxylic acids is 1. The van der Waals surface area contributed by atoms with Crippen LogP contribution in [0.15, 0.2) is 24.5 Å². The molecule has 17 heavy (non-hydrogen) atoms. The number of rotatable bonds is 2. The average Bonchev–Trinajstić information content (AvgIpc) is 2.28. The first-order chi connectivity index (χ1) is 8.09. The van der Waals surface area contributed by atoms with Crippen LogP contribution in [0.1, 0.15) is 16.1 Å². The van der Waals surface area contributed by atoms with E-state index in [0.29, 0.717) is 17.0 Å². The SMILES string of the molecule is Cc1nc(Cl)nc(-c2ccncc2)c1C(=O)O. The summed E-state index contributed by atoms with van der Waals surface area (Å²) in [6.45, 7) is 1.59. The molecule has 0 saturated heterocycles. The number of halogens is 1. The standard InChI is InChI=1S/C11H8ClN3O2/c1-6-8(10(16)17)9(15-11(12)14-6)7-2-4-13-5-3-7/h2-5H,1H3,(H,16,17). The maximum absolute atomic E-state index is 11.2. The fourth-order valence-corrected chi connectivity index (χ4v) is 1.72. The van der Waals surface area contributed by atoms with Gasteiger partial charge < -0.3 is 5.11 Å². The van der Waals surface area contributed by atoms with Crippen molar-refractivity contribution in [1.82, 2.24) is 15.0 Å². The summed E-state index contributed by atoms with van der Waals surface area (Å²) in [4.78, 5) is 22.9. The lowest BCUT2D eigenvalue weighted by atomic mass is 10.1. The molecule has 0 aliphatic carbocycles. The molecule has 0 aromatic carbocycles. The Morgan fingerprint density at radius 3 is 2.53 bits per heavy atom. The second kappa shape index (κ2) is 4.47. The summed E-state index contributed by atoms with van der Waals surface area (Å²) in [6, 6.07) is 3.34. The molecule has 0 saturated carbocycles. The minimum Gasteiger partial charge on any atom is -0.478 e. The second-order valence-corrected chi connectivity index (χ2v) is 3.68. The van der Waals surface area contributed by atoms with Crippen LogP contribution in [-0.2, 0) is 0 Å². The average molecular weight is 250 g/mol. The van der Waals surface area contributed by atoms with Gasteiger partial charge in [0.25, 0.3) is 0 Å². The number of pyridine rings is 1. The fourth-order valence-electron chi connectivity index (χ4n) is 1.51. The zero-order valence-electron chi connectivity index (χ0n) is 8.88. The van der Waals surface area contributed by atoms with Crippen LogP contribution in [0.4, 0.5) is 0 Å². The number of aromatic nitrogens is 3. The lowest BCUT2D eigenvalue weighted by molar-refractivity contribution is 0.0696. The first-order valence-electron chi connectivity index (χ1n) is 4.77. The maximum atomic E-state index is 11.2. The van der Waals surface area contributed by atoms with Crippen LogP contribution in [-0.4, -0.2) is 26.0 Å². The molecule has 0 amide bonds. The van der Waals surface area contributed by atoms with Crippen LogP contribution in [0.3, 0.4) is 0 Å². The quantitative estimate of drug-likeness (QED) is 0.826. The number of nitrogens with zero attached hydrogens (tertiary/aromatic N) is 3. The van der Waals surface area contributed by atoms with Crippen molar-refractivity contribution in [2.24, 2.45) is 0 Å². The highest BCUT2D eigenvalue weighted by Crippen LogP contribution is 2.24. The van der Waals surface area contributed by atoms with E-state index in [4.69, 9.17) is 16.7 Å². The Hall–Kier alpha value is -2.01. The molecule has 0 fully saturated rings. The molecule has 0 unspecified atom stereocenters. The second-order valence-electron chi connectivity index (χ2n) is 3.34. The van der Waals surface area contributed by atoms with E-state index in [1.165, 1.54) is 0 Å². The topological polar surface area (TPSA) is 76.0 Å². The predicted octanol–water partition coefficient (Wildman–Crippen LogP) is 2.20. The summed E-state index contributed by atoms with van der Waals surface area (Å²) >= 11 is 5.75. The van der Waals surface area contributed by atoms with E-state index in [0.717, 1.165) is 0 Å². The lowest BCUT2D eigenvalue weighted by Gasteiger charge is -2.07. The van der Waals surface area contributed by atoms with Gasteiger partial charge >= 0.3 is 5.97 Å². The summed E-state index contributed by atoms with van der Waals surface area (Å²) < 4.78 is 0. The van der Waals surface area contributed by atoms with Gasteiger partial charge in [0.1, 0.15) is 5.56 Å².